The lowest BCUT2D eigenvalue weighted by molar-refractivity contribution is 0.894. The van der Waals surface area contributed by atoms with Gasteiger partial charge in [0.2, 0.25) is 0 Å². The highest BCUT2D eigenvalue weighted by atomic mass is 15.4. The molecule has 0 saturated heterocycles. The van der Waals surface area contributed by atoms with Crippen molar-refractivity contribution < 1.29 is 0 Å². The van der Waals surface area contributed by atoms with Gasteiger partial charge in [0.1, 0.15) is 0 Å². The summed E-state index contributed by atoms with van der Waals surface area (Å²) in [6.07, 6.45) is 2.03. The summed E-state index contributed by atoms with van der Waals surface area (Å²) in [5.41, 5.74) is 6.84. The quantitative estimate of drug-likeness (QED) is 0.659. The van der Waals surface area contributed by atoms with Gasteiger partial charge in [-0.15, -0.1) is 0 Å². The summed E-state index contributed by atoms with van der Waals surface area (Å²) in [7, 11) is 0. The van der Waals surface area contributed by atoms with Crippen molar-refractivity contribution in [2.24, 2.45) is 0 Å². The van der Waals surface area contributed by atoms with E-state index in [9.17, 15) is 0 Å². The molecule has 3 nitrogen and oxygen atoms in total. The summed E-state index contributed by atoms with van der Waals surface area (Å²) < 4.78 is 2.04. The van der Waals surface area contributed by atoms with Crippen molar-refractivity contribution in [1.82, 2.24) is 4.68 Å². The minimum atomic E-state index is 0.858. The van der Waals surface area contributed by atoms with E-state index in [4.69, 9.17) is 0 Å². The van der Waals surface area contributed by atoms with Crippen LogP contribution in [0, 0.1) is 0 Å². The second-order valence-electron chi connectivity index (χ2n) is 3.38. The number of benzene rings is 1. The molecule has 0 spiro atoms. The molecule has 2 N–H and O–H groups in total. The first-order chi connectivity index (χ1) is 6.93. The Morgan fingerprint density at radius 3 is 2.79 bits per heavy atom. The molecule has 0 aliphatic carbocycles. The van der Waals surface area contributed by atoms with Gasteiger partial charge in [0.15, 0.2) is 0 Å². The van der Waals surface area contributed by atoms with Crippen LogP contribution in [0.5, 0.6) is 0 Å². The Balaban J connectivity index is 2.10. The number of nitrogens with zero attached hydrogens (tertiary/aromatic N) is 1. The van der Waals surface area contributed by atoms with Crippen molar-refractivity contribution in [1.29, 1.82) is 0 Å². The molecular weight excluding hydrogens is 174 g/mol. The Bertz CT molecular complexity index is 459. The summed E-state index contributed by atoms with van der Waals surface area (Å²) in [5.74, 6) is 0. The lowest BCUT2D eigenvalue weighted by Crippen LogP contribution is -2.08. The van der Waals surface area contributed by atoms with E-state index in [0.717, 1.165) is 17.9 Å². The maximum absolute atomic E-state index is 3.38. The highest BCUT2D eigenvalue weighted by Crippen LogP contribution is 2.24. The zero-order valence-electron chi connectivity index (χ0n) is 7.70. The first-order valence-corrected chi connectivity index (χ1v) is 4.70. The van der Waals surface area contributed by atoms with Gasteiger partial charge in [-0.3, -0.25) is 10.1 Å². The third-order valence-electron chi connectivity index (χ3n) is 2.46. The molecular formula is C11H11N3. The van der Waals surface area contributed by atoms with Crippen LogP contribution in [0.25, 0.3) is 0 Å². The molecule has 1 aromatic carbocycles. The summed E-state index contributed by atoms with van der Waals surface area (Å²) >= 11 is 0. The van der Waals surface area contributed by atoms with Crippen molar-refractivity contribution in [3.8, 4) is 0 Å². The minimum absolute atomic E-state index is 0.858. The zero-order valence-corrected chi connectivity index (χ0v) is 7.70. The fourth-order valence-corrected chi connectivity index (χ4v) is 1.72. The molecule has 0 atom stereocenters. The maximum atomic E-state index is 3.38. The van der Waals surface area contributed by atoms with Crippen LogP contribution in [0.4, 0.5) is 11.4 Å². The second-order valence-corrected chi connectivity index (χ2v) is 3.38. The SMILES string of the molecule is c1ccc2c(c1)NCc1cccn1N2. The van der Waals surface area contributed by atoms with Crippen molar-refractivity contribution in [2.45, 2.75) is 6.54 Å². The van der Waals surface area contributed by atoms with Crippen LogP contribution in [-0.4, -0.2) is 4.68 Å². The molecule has 3 rings (SSSR count). The highest BCUT2D eigenvalue weighted by Gasteiger charge is 2.08. The van der Waals surface area contributed by atoms with Crippen LogP contribution >= 0.6 is 0 Å². The molecule has 3 heteroatoms. The Labute approximate surface area is 82.3 Å². The molecule has 0 bridgehead atoms. The van der Waals surface area contributed by atoms with Crippen LogP contribution in [0.15, 0.2) is 42.6 Å². The van der Waals surface area contributed by atoms with E-state index in [1.165, 1.54) is 5.69 Å². The number of para-hydroxylation sites is 2. The second kappa shape index (κ2) is 2.80. The molecule has 0 amide bonds. The number of anilines is 2. The van der Waals surface area contributed by atoms with E-state index in [2.05, 4.69) is 28.9 Å². The molecule has 1 aliphatic rings. The molecule has 0 fully saturated rings. The molecule has 0 unspecified atom stereocenters. The molecule has 14 heavy (non-hydrogen) atoms. The number of aromatic nitrogens is 1. The standard InChI is InChI=1S/C11H11N3/c1-2-6-11-10(5-1)12-8-9-4-3-7-14(9)13-11/h1-7,12-13H,8H2. The predicted octanol–water partition coefficient (Wildman–Crippen LogP) is 2.29. The van der Waals surface area contributed by atoms with E-state index in [-0.39, 0.29) is 0 Å². The van der Waals surface area contributed by atoms with Crippen LogP contribution in [-0.2, 0) is 6.54 Å². The fraction of sp³-hybridized carbons (Fsp3) is 0.0909. The number of fused-ring (bicyclic) bond motifs is 2. The van der Waals surface area contributed by atoms with Gasteiger partial charge in [-0.05, 0) is 24.3 Å². The van der Waals surface area contributed by atoms with Crippen molar-refractivity contribution in [3.63, 3.8) is 0 Å². The molecule has 1 aliphatic heterocycles. The fourth-order valence-electron chi connectivity index (χ4n) is 1.72. The number of hydrogen-bond donors (Lipinski definition) is 2. The minimum Gasteiger partial charge on any atom is -0.378 e. The Morgan fingerprint density at radius 1 is 1.00 bits per heavy atom. The van der Waals surface area contributed by atoms with Gasteiger partial charge in [-0.25, -0.2) is 0 Å². The van der Waals surface area contributed by atoms with Crippen molar-refractivity contribution in [3.05, 3.63) is 48.3 Å². The van der Waals surface area contributed by atoms with Gasteiger partial charge < -0.3 is 5.32 Å². The third-order valence-corrected chi connectivity index (χ3v) is 2.46. The first-order valence-electron chi connectivity index (χ1n) is 4.70. The smallest absolute Gasteiger partial charge is 0.0777 e. The first kappa shape index (κ1) is 7.50. The van der Waals surface area contributed by atoms with Crippen LogP contribution in [0.3, 0.4) is 0 Å². The zero-order chi connectivity index (χ0) is 9.38. The molecule has 2 aromatic rings. The maximum Gasteiger partial charge on any atom is 0.0777 e. The van der Waals surface area contributed by atoms with Crippen LogP contribution < -0.4 is 10.7 Å². The van der Waals surface area contributed by atoms with Gasteiger partial charge in [0.25, 0.3) is 0 Å². The summed E-state index contributed by atoms with van der Waals surface area (Å²) in [5, 5.41) is 3.38. The van der Waals surface area contributed by atoms with Gasteiger partial charge in [-0.1, -0.05) is 12.1 Å². The number of rotatable bonds is 0. The van der Waals surface area contributed by atoms with Gasteiger partial charge >= 0.3 is 0 Å². The van der Waals surface area contributed by atoms with E-state index in [1.807, 2.05) is 29.1 Å². The summed E-state index contributed by atoms with van der Waals surface area (Å²) in [6, 6.07) is 12.4. The number of nitrogens with one attached hydrogen (secondary N) is 2. The lowest BCUT2D eigenvalue weighted by atomic mass is 10.2. The van der Waals surface area contributed by atoms with Gasteiger partial charge in [0, 0.05) is 6.20 Å². The monoisotopic (exact) mass is 185 g/mol. The van der Waals surface area contributed by atoms with Crippen LogP contribution in [0.1, 0.15) is 5.69 Å². The average Bonchev–Trinajstić information content (AvgIpc) is 2.58. The molecule has 0 saturated carbocycles. The topological polar surface area (TPSA) is 29.0 Å². The molecule has 1 aromatic heterocycles. The Morgan fingerprint density at radius 2 is 1.86 bits per heavy atom. The van der Waals surface area contributed by atoms with Gasteiger partial charge in [-0.2, -0.15) is 0 Å². The van der Waals surface area contributed by atoms with Crippen molar-refractivity contribution in [2.75, 3.05) is 10.7 Å². The van der Waals surface area contributed by atoms with Crippen molar-refractivity contribution >= 4 is 11.4 Å². The highest BCUT2D eigenvalue weighted by molar-refractivity contribution is 5.69. The largest absolute Gasteiger partial charge is 0.378 e. The third kappa shape index (κ3) is 1.06. The number of hydrogen-bond acceptors (Lipinski definition) is 2. The summed E-state index contributed by atoms with van der Waals surface area (Å²) in [6.45, 7) is 0.858. The molecule has 70 valence electrons. The molecule has 0 radical (unpaired) electrons. The van der Waals surface area contributed by atoms with Crippen LogP contribution in [0.2, 0.25) is 0 Å². The molecule has 2 heterocycles. The normalized spacial score (nSPS) is 13.1. The Hall–Kier alpha value is -1.90. The average molecular weight is 185 g/mol. The van der Waals surface area contributed by atoms with E-state index >= 15 is 0 Å². The predicted molar refractivity (Wildman–Crippen MR) is 57.2 cm³/mol. The summed E-state index contributed by atoms with van der Waals surface area (Å²) in [4.78, 5) is 0. The van der Waals surface area contributed by atoms with E-state index in [0.29, 0.717) is 0 Å². The Kier molecular flexibility index (Phi) is 1.50. The van der Waals surface area contributed by atoms with E-state index < -0.39 is 0 Å². The van der Waals surface area contributed by atoms with Gasteiger partial charge in [0.05, 0.1) is 23.6 Å². The lowest BCUT2D eigenvalue weighted by Gasteiger charge is -2.08. The van der Waals surface area contributed by atoms with E-state index in [1.54, 1.807) is 0 Å².